The fourth-order valence-electron chi connectivity index (χ4n) is 1.71. The van der Waals surface area contributed by atoms with Crippen LogP contribution in [0, 0.1) is 6.92 Å². The fourth-order valence-corrected chi connectivity index (χ4v) is 2.19. The van der Waals surface area contributed by atoms with Crippen LogP contribution in [0.3, 0.4) is 0 Å². The predicted molar refractivity (Wildman–Crippen MR) is 80.8 cm³/mol. The van der Waals surface area contributed by atoms with Gasteiger partial charge in [0.25, 0.3) is 0 Å². The maximum atomic E-state index is 9.96. The van der Waals surface area contributed by atoms with Crippen molar-refractivity contribution in [3.63, 3.8) is 0 Å². The Kier molecular flexibility index (Phi) is 4.22. The number of halogens is 1. The maximum Gasteiger partial charge on any atom is 0.166 e. The van der Waals surface area contributed by atoms with Gasteiger partial charge < -0.3 is 9.84 Å². The van der Waals surface area contributed by atoms with Crippen molar-refractivity contribution in [3.8, 4) is 11.5 Å². The first-order chi connectivity index (χ1) is 9.11. The Hall–Kier alpha value is -1.81. The van der Waals surface area contributed by atoms with Gasteiger partial charge in [-0.2, -0.15) is 0 Å². The molecule has 0 unspecified atom stereocenters. The Balaban J connectivity index is 2.32. The number of hydrogen-bond donors (Lipinski definition) is 1. The minimum absolute atomic E-state index is 0.100. The van der Waals surface area contributed by atoms with Gasteiger partial charge in [0.1, 0.15) is 0 Å². The zero-order chi connectivity index (χ0) is 13.8. The van der Waals surface area contributed by atoms with E-state index in [1.54, 1.807) is 18.3 Å². The Morgan fingerprint density at radius 1 is 1.26 bits per heavy atom. The molecule has 4 heteroatoms. The van der Waals surface area contributed by atoms with E-state index in [0.717, 1.165) is 15.7 Å². The van der Waals surface area contributed by atoms with Crippen molar-refractivity contribution in [1.82, 2.24) is 0 Å². The van der Waals surface area contributed by atoms with E-state index in [4.69, 9.17) is 4.74 Å². The Morgan fingerprint density at radius 3 is 2.74 bits per heavy atom. The van der Waals surface area contributed by atoms with E-state index in [9.17, 15) is 5.11 Å². The highest BCUT2D eigenvalue weighted by Crippen LogP contribution is 2.29. The highest BCUT2D eigenvalue weighted by Gasteiger charge is 2.05. The standard InChI is InChI=1S/C15H14BrNO2/c1-10-8-12(16)6-7-13(10)17-9-11-4-3-5-14(19-2)15(11)18/h3-9,18H,1-2H3. The van der Waals surface area contributed by atoms with E-state index < -0.39 is 0 Å². The molecule has 0 saturated heterocycles. The molecule has 1 N–H and O–H groups in total. The summed E-state index contributed by atoms with van der Waals surface area (Å²) in [5, 5.41) is 9.96. The van der Waals surface area contributed by atoms with Crippen LogP contribution >= 0.6 is 15.9 Å². The van der Waals surface area contributed by atoms with Crippen molar-refractivity contribution in [3.05, 3.63) is 52.0 Å². The van der Waals surface area contributed by atoms with E-state index in [1.165, 1.54) is 7.11 Å². The van der Waals surface area contributed by atoms with Gasteiger partial charge in [-0.3, -0.25) is 4.99 Å². The summed E-state index contributed by atoms with van der Waals surface area (Å²) in [5.74, 6) is 0.542. The summed E-state index contributed by atoms with van der Waals surface area (Å²) >= 11 is 3.41. The number of aliphatic imine (C=N–C) groups is 1. The SMILES string of the molecule is COc1cccc(C=Nc2ccc(Br)cc2C)c1O. The van der Waals surface area contributed by atoms with E-state index in [1.807, 2.05) is 31.2 Å². The molecule has 0 amide bonds. The third kappa shape index (κ3) is 3.15. The van der Waals surface area contributed by atoms with Crippen molar-refractivity contribution in [2.45, 2.75) is 6.92 Å². The molecule has 2 aromatic carbocycles. The molecule has 2 aromatic rings. The molecule has 0 bridgehead atoms. The molecule has 0 spiro atoms. The molecule has 0 heterocycles. The minimum Gasteiger partial charge on any atom is -0.504 e. The number of ether oxygens (including phenoxy) is 1. The molecular weight excluding hydrogens is 306 g/mol. The summed E-state index contributed by atoms with van der Waals surface area (Å²) in [6.07, 6.45) is 1.63. The quantitative estimate of drug-likeness (QED) is 0.860. The molecule has 0 radical (unpaired) electrons. The Bertz CT molecular complexity index is 624. The summed E-state index contributed by atoms with van der Waals surface area (Å²) < 4.78 is 6.08. The van der Waals surface area contributed by atoms with Crippen LogP contribution in [0.1, 0.15) is 11.1 Å². The van der Waals surface area contributed by atoms with Gasteiger partial charge in [-0.15, -0.1) is 0 Å². The van der Waals surface area contributed by atoms with Crippen LogP contribution in [0.25, 0.3) is 0 Å². The van der Waals surface area contributed by atoms with E-state index in [-0.39, 0.29) is 5.75 Å². The first-order valence-electron chi connectivity index (χ1n) is 5.78. The number of nitrogens with zero attached hydrogens (tertiary/aromatic N) is 1. The van der Waals surface area contributed by atoms with Crippen LogP contribution < -0.4 is 4.74 Å². The van der Waals surface area contributed by atoms with Crippen LogP contribution in [0.5, 0.6) is 11.5 Å². The predicted octanol–water partition coefficient (Wildman–Crippen LogP) is 4.22. The third-order valence-electron chi connectivity index (χ3n) is 2.75. The van der Waals surface area contributed by atoms with Gasteiger partial charge in [0.05, 0.1) is 12.8 Å². The number of phenolic OH excluding ortho intramolecular Hbond substituents is 1. The molecule has 0 saturated carbocycles. The van der Waals surface area contributed by atoms with E-state index in [0.29, 0.717) is 11.3 Å². The number of hydrogen-bond acceptors (Lipinski definition) is 3. The minimum atomic E-state index is 0.100. The van der Waals surface area contributed by atoms with Crippen molar-refractivity contribution in [2.24, 2.45) is 4.99 Å². The van der Waals surface area contributed by atoms with Crippen LogP contribution in [0.15, 0.2) is 45.9 Å². The monoisotopic (exact) mass is 319 g/mol. The second-order valence-electron chi connectivity index (χ2n) is 4.09. The van der Waals surface area contributed by atoms with Gasteiger partial charge in [-0.05, 0) is 42.8 Å². The lowest BCUT2D eigenvalue weighted by Crippen LogP contribution is -1.88. The van der Waals surface area contributed by atoms with Gasteiger partial charge in [0.2, 0.25) is 0 Å². The first-order valence-corrected chi connectivity index (χ1v) is 6.57. The maximum absolute atomic E-state index is 9.96. The van der Waals surface area contributed by atoms with Crippen molar-refractivity contribution in [1.29, 1.82) is 0 Å². The largest absolute Gasteiger partial charge is 0.504 e. The topological polar surface area (TPSA) is 41.8 Å². The van der Waals surface area contributed by atoms with Gasteiger partial charge in [-0.25, -0.2) is 0 Å². The number of benzene rings is 2. The Morgan fingerprint density at radius 2 is 2.05 bits per heavy atom. The number of phenols is 1. The van der Waals surface area contributed by atoms with E-state index in [2.05, 4.69) is 20.9 Å². The molecule has 98 valence electrons. The Labute approximate surface area is 120 Å². The number of rotatable bonds is 3. The van der Waals surface area contributed by atoms with Crippen molar-refractivity contribution in [2.75, 3.05) is 7.11 Å². The van der Waals surface area contributed by atoms with Crippen molar-refractivity contribution >= 4 is 27.8 Å². The molecule has 0 aromatic heterocycles. The summed E-state index contributed by atoms with van der Waals surface area (Å²) in [5.41, 5.74) is 2.56. The molecule has 0 aliphatic carbocycles. The normalized spacial score (nSPS) is 10.9. The summed E-state index contributed by atoms with van der Waals surface area (Å²) in [6, 6.07) is 11.2. The van der Waals surface area contributed by atoms with Crippen LogP contribution in [-0.2, 0) is 0 Å². The summed E-state index contributed by atoms with van der Waals surface area (Å²) in [4.78, 5) is 4.39. The molecule has 0 atom stereocenters. The second kappa shape index (κ2) is 5.89. The first kappa shape index (κ1) is 13.6. The zero-order valence-electron chi connectivity index (χ0n) is 10.7. The zero-order valence-corrected chi connectivity index (χ0v) is 12.3. The van der Waals surface area contributed by atoms with Crippen LogP contribution in [0.4, 0.5) is 5.69 Å². The van der Waals surface area contributed by atoms with Crippen LogP contribution in [-0.4, -0.2) is 18.4 Å². The molecule has 0 aliphatic heterocycles. The molecule has 2 rings (SSSR count). The summed E-state index contributed by atoms with van der Waals surface area (Å²) in [7, 11) is 1.52. The second-order valence-corrected chi connectivity index (χ2v) is 5.00. The molecular formula is C15H14BrNO2. The average molecular weight is 320 g/mol. The van der Waals surface area contributed by atoms with Crippen molar-refractivity contribution < 1.29 is 9.84 Å². The highest BCUT2D eigenvalue weighted by molar-refractivity contribution is 9.10. The fraction of sp³-hybridized carbons (Fsp3) is 0.133. The molecule has 0 fully saturated rings. The van der Waals surface area contributed by atoms with Gasteiger partial charge >= 0.3 is 0 Å². The molecule has 0 aliphatic rings. The number of aromatic hydroxyl groups is 1. The lowest BCUT2D eigenvalue weighted by molar-refractivity contribution is 0.373. The number of aryl methyl sites for hydroxylation is 1. The lowest BCUT2D eigenvalue weighted by Gasteiger charge is -2.05. The third-order valence-corrected chi connectivity index (χ3v) is 3.24. The number of methoxy groups -OCH3 is 1. The van der Waals surface area contributed by atoms with Gasteiger partial charge in [0.15, 0.2) is 11.5 Å². The van der Waals surface area contributed by atoms with Gasteiger partial charge in [0, 0.05) is 16.3 Å². The smallest absolute Gasteiger partial charge is 0.166 e. The molecule has 3 nitrogen and oxygen atoms in total. The van der Waals surface area contributed by atoms with Gasteiger partial charge in [-0.1, -0.05) is 22.0 Å². The highest BCUT2D eigenvalue weighted by atomic mass is 79.9. The molecule has 19 heavy (non-hydrogen) atoms. The average Bonchev–Trinajstić information content (AvgIpc) is 2.39. The number of para-hydroxylation sites is 1. The summed E-state index contributed by atoms with van der Waals surface area (Å²) in [6.45, 7) is 1.99. The van der Waals surface area contributed by atoms with E-state index >= 15 is 0 Å². The lowest BCUT2D eigenvalue weighted by atomic mass is 10.2. The van der Waals surface area contributed by atoms with Crippen LogP contribution in [0.2, 0.25) is 0 Å².